The second kappa shape index (κ2) is 5.68. The Hall–Kier alpha value is -0.320. The van der Waals surface area contributed by atoms with Gasteiger partial charge in [0.2, 0.25) is 0 Å². The molecule has 0 amide bonds. The molecule has 0 fully saturated rings. The molecule has 2 nitrogen and oxygen atoms in total. The van der Waals surface area contributed by atoms with Gasteiger partial charge >= 0.3 is 0 Å². The molecule has 0 aliphatic heterocycles. The number of benzene rings is 1. The fraction of sp³-hybridized carbons (Fsp3) is 0.273. The summed E-state index contributed by atoms with van der Waals surface area (Å²) in [4.78, 5) is 0. The number of aryl methyl sites for hydroxylation is 1. The maximum Gasteiger partial charge on any atom is 0.123 e. The van der Waals surface area contributed by atoms with Crippen LogP contribution < -0.4 is 5.32 Å². The number of nitrogens with one attached hydrogen (secondary N) is 1. The van der Waals surface area contributed by atoms with Crippen molar-refractivity contribution in [3.8, 4) is 5.75 Å². The molecule has 1 aromatic rings. The zero-order valence-electron chi connectivity index (χ0n) is 8.48. The van der Waals surface area contributed by atoms with E-state index >= 15 is 0 Å². The first-order valence-corrected chi connectivity index (χ1v) is 6.11. The minimum absolute atomic E-state index is 0.353. The van der Waals surface area contributed by atoms with E-state index in [4.69, 9.17) is 0 Å². The summed E-state index contributed by atoms with van der Waals surface area (Å²) in [5.74, 6) is 0.353. The molecular weight excluding hydrogens is 322 g/mol. The van der Waals surface area contributed by atoms with E-state index in [2.05, 4.69) is 43.8 Å². The van der Waals surface area contributed by atoms with Crippen molar-refractivity contribution in [2.45, 2.75) is 13.5 Å². The van der Waals surface area contributed by atoms with Crippen molar-refractivity contribution in [1.82, 2.24) is 5.32 Å². The van der Waals surface area contributed by atoms with Gasteiger partial charge in [-0.15, -0.1) is 0 Å². The normalized spacial score (nSPS) is 10.3. The van der Waals surface area contributed by atoms with Gasteiger partial charge in [-0.1, -0.05) is 38.4 Å². The summed E-state index contributed by atoms with van der Waals surface area (Å²) < 4.78 is 1.88. The number of rotatable bonds is 4. The van der Waals surface area contributed by atoms with Crippen LogP contribution in [0.1, 0.15) is 11.1 Å². The zero-order chi connectivity index (χ0) is 11.4. The third-order valence-electron chi connectivity index (χ3n) is 1.98. The standard InChI is InChI=1S/C11H13Br2NO/c1-7-3-10(13)4-9(11(7)15)6-14-5-8(2)12/h3-4,14-15H,2,5-6H2,1H3. The minimum Gasteiger partial charge on any atom is -0.507 e. The van der Waals surface area contributed by atoms with Crippen LogP contribution in [0.3, 0.4) is 0 Å². The lowest BCUT2D eigenvalue weighted by Crippen LogP contribution is -2.14. The summed E-state index contributed by atoms with van der Waals surface area (Å²) in [5.41, 5.74) is 1.76. The third-order valence-corrected chi connectivity index (χ3v) is 2.71. The molecule has 2 N–H and O–H groups in total. The van der Waals surface area contributed by atoms with Crippen LogP contribution in [0.2, 0.25) is 0 Å². The molecule has 0 bridgehead atoms. The lowest BCUT2D eigenvalue weighted by atomic mass is 10.1. The Bertz CT molecular complexity index is 377. The summed E-state index contributed by atoms with van der Waals surface area (Å²) in [7, 11) is 0. The van der Waals surface area contributed by atoms with Crippen LogP contribution in [0.4, 0.5) is 0 Å². The quantitative estimate of drug-likeness (QED) is 0.883. The van der Waals surface area contributed by atoms with Gasteiger partial charge in [-0.25, -0.2) is 0 Å². The molecule has 0 heterocycles. The summed E-state index contributed by atoms with van der Waals surface area (Å²) in [5, 5.41) is 13.0. The maximum atomic E-state index is 9.79. The molecule has 0 aliphatic rings. The van der Waals surface area contributed by atoms with Gasteiger partial charge in [0.25, 0.3) is 0 Å². The fourth-order valence-corrected chi connectivity index (χ4v) is 2.09. The zero-order valence-corrected chi connectivity index (χ0v) is 11.7. The van der Waals surface area contributed by atoms with Gasteiger partial charge in [0.05, 0.1) is 0 Å². The molecule has 0 saturated heterocycles. The number of phenols is 1. The number of aromatic hydroxyl groups is 1. The van der Waals surface area contributed by atoms with Crippen molar-refractivity contribution in [2.75, 3.05) is 6.54 Å². The van der Waals surface area contributed by atoms with E-state index in [-0.39, 0.29) is 0 Å². The van der Waals surface area contributed by atoms with Crippen molar-refractivity contribution in [3.05, 3.63) is 38.8 Å². The van der Waals surface area contributed by atoms with Crippen LogP contribution in [0.5, 0.6) is 5.75 Å². The van der Waals surface area contributed by atoms with Crippen LogP contribution in [0.25, 0.3) is 0 Å². The molecule has 0 aromatic heterocycles. The van der Waals surface area contributed by atoms with Gasteiger partial charge in [-0.05, 0) is 24.6 Å². The smallest absolute Gasteiger partial charge is 0.123 e. The average Bonchev–Trinajstić information content (AvgIpc) is 2.12. The highest BCUT2D eigenvalue weighted by Gasteiger charge is 2.05. The molecule has 4 heteroatoms. The largest absolute Gasteiger partial charge is 0.507 e. The van der Waals surface area contributed by atoms with E-state index < -0.39 is 0 Å². The average molecular weight is 335 g/mol. The van der Waals surface area contributed by atoms with E-state index in [0.29, 0.717) is 18.8 Å². The first-order valence-electron chi connectivity index (χ1n) is 4.52. The molecule has 0 radical (unpaired) electrons. The fourth-order valence-electron chi connectivity index (χ4n) is 1.27. The lowest BCUT2D eigenvalue weighted by Gasteiger charge is -2.09. The van der Waals surface area contributed by atoms with Gasteiger partial charge in [0.15, 0.2) is 0 Å². The first-order chi connectivity index (χ1) is 7.00. The van der Waals surface area contributed by atoms with E-state index in [1.807, 2.05) is 19.1 Å². The van der Waals surface area contributed by atoms with Crippen molar-refractivity contribution in [2.24, 2.45) is 0 Å². The van der Waals surface area contributed by atoms with Crippen LogP contribution >= 0.6 is 31.9 Å². The molecule has 1 rings (SSSR count). The Labute approximate surface area is 107 Å². The highest BCUT2D eigenvalue weighted by molar-refractivity contribution is 9.11. The van der Waals surface area contributed by atoms with E-state index in [1.54, 1.807) is 0 Å². The van der Waals surface area contributed by atoms with E-state index in [1.165, 1.54) is 0 Å². The van der Waals surface area contributed by atoms with Gasteiger partial charge in [0.1, 0.15) is 5.75 Å². The second-order valence-corrected chi connectivity index (χ2v) is 5.39. The summed E-state index contributed by atoms with van der Waals surface area (Å²) >= 11 is 6.67. The van der Waals surface area contributed by atoms with Gasteiger partial charge in [-0.2, -0.15) is 0 Å². The molecular formula is C11H13Br2NO. The Morgan fingerprint density at radius 2 is 2.20 bits per heavy atom. The van der Waals surface area contributed by atoms with Crippen molar-refractivity contribution >= 4 is 31.9 Å². The molecule has 0 atom stereocenters. The van der Waals surface area contributed by atoms with Crippen LogP contribution in [0, 0.1) is 6.92 Å². The van der Waals surface area contributed by atoms with Gasteiger partial charge < -0.3 is 10.4 Å². The number of hydrogen-bond donors (Lipinski definition) is 2. The predicted octanol–water partition coefficient (Wildman–Crippen LogP) is 3.46. The van der Waals surface area contributed by atoms with E-state index in [0.717, 1.165) is 20.1 Å². The van der Waals surface area contributed by atoms with Crippen LogP contribution in [0.15, 0.2) is 27.7 Å². The van der Waals surface area contributed by atoms with Crippen molar-refractivity contribution in [1.29, 1.82) is 0 Å². The molecule has 0 unspecified atom stereocenters. The highest BCUT2D eigenvalue weighted by Crippen LogP contribution is 2.26. The maximum absolute atomic E-state index is 9.79. The van der Waals surface area contributed by atoms with Crippen LogP contribution in [-0.2, 0) is 6.54 Å². The molecule has 0 aliphatic carbocycles. The molecule has 0 saturated carbocycles. The number of hydrogen-bond acceptors (Lipinski definition) is 2. The van der Waals surface area contributed by atoms with Gasteiger partial charge in [0, 0.05) is 27.6 Å². The Balaban J connectivity index is 2.72. The monoisotopic (exact) mass is 333 g/mol. The summed E-state index contributed by atoms with van der Waals surface area (Å²) in [6.45, 7) is 6.92. The first kappa shape index (κ1) is 12.7. The van der Waals surface area contributed by atoms with E-state index in [9.17, 15) is 5.11 Å². The number of phenolic OH excluding ortho intramolecular Hbond substituents is 1. The SMILES string of the molecule is C=C(Br)CNCc1cc(Br)cc(C)c1O. The Morgan fingerprint density at radius 1 is 1.53 bits per heavy atom. The Morgan fingerprint density at radius 3 is 2.80 bits per heavy atom. The molecule has 15 heavy (non-hydrogen) atoms. The predicted molar refractivity (Wildman–Crippen MR) is 70.3 cm³/mol. The molecule has 82 valence electrons. The van der Waals surface area contributed by atoms with Crippen molar-refractivity contribution in [3.63, 3.8) is 0 Å². The van der Waals surface area contributed by atoms with Crippen LogP contribution in [-0.4, -0.2) is 11.7 Å². The topological polar surface area (TPSA) is 32.3 Å². The lowest BCUT2D eigenvalue weighted by molar-refractivity contribution is 0.461. The number of halogens is 2. The highest BCUT2D eigenvalue weighted by atomic mass is 79.9. The summed E-state index contributed by atoms with van der Waals surface area (Å²) in [6.07, 6.45) is 0. The third kappa shape index (κ3) is 3.97. The summed E-state index contributed by atoms with van der Waals surface area (Å²) in [6, 6.07) is 3.80. The minimum atomic E-state index is 0.353. The second-order valence-electron chi connectivity index (χ2n) is 3.35. The van der Waals surface area contributed by atoms with Crippen molar-refractivity contribution < 1.29 is 5.11 Å². The Kier molecular flexibility index (Phi) is 4.83. The molecule has 1 aromatic carbocycles. The molecule has 0 spiro atoms. The van der Waals surface area contributed by atoms with Gasteiger partial charge in [-0.3, -0.25) is 0 Å².